The average molecular weight is 268 g/mol. The van der Waals surface area contributed by atoms with Crippen LogP contribution >= 0.6 is 11.9 Å². The summed E-state index contributed by atoms with van der Waals surface area (Å²) in [6.45, 7) is 0.691. The third-order valence-corrected chi connectivity index (χ3v) is 4.15. The first-order chi connectivity index (χ1) is 9.38. The number of nitrogens with two attached hydrogens (primary N) is 1. The lowest BCUT2D eigenvalue weighted by molar-refractivity contribution is 0.977. The molecule has 0 fully saturated rings. The molecular weight excluding hydrogens is 252 g/mol. The molecule has 19 heavy (non-hydrogen) atoms. The van der Waals surface area contributed by atoms with Gasteiger partial charge in [-0.05, 0) is 54.7 Å². The third-order valence-electron chi connectivity index (χ3n) is 3.15. The molecule has 0 amide bonds. The fraction of sp³-hybridized carbons (Fsp3) is 0.125. The fourth-order valence-electron chi connectivity index (χ4n) is 2.25. The molecule has 0 saturated carbocycles. The Hall–Kier alpha value is -1.71. The number of nitrogens with zero attached hydrogens (tertiary/aromatic N) is 1. The van der Waals surface area contributed by atoms with Crippen molar-refractivity contribution in [3.8, 4) is 0 Å². The lowest BCUT2D eigenvalue weighted by Crippen LogP contribution is -2.02. The molecular formula is C16H16N2S. The van der Waals surface area contributed by atoms with Crippen molar-refractivity contribution in [3.05, 3.63) is 66.4 Å². The molecule has 2 aromatic carbocycles. The highest BCUT2D eigenvalue weighted by atomic mass is 32.2. The van der Waals surface area contributed by atoms with Crippen molar-refractivity contribution in [3.63, 3.8) is 0 Å². The summed E-state index contributed by atoms with van der Waals surface area (Å²) in [4.78, 5) is 1.24. The van der Waals surface area contributed by atoms with E-state index in [2.05, 4.69) is 58.7 Å². The van der Waals surface area contributed by atoms with Gasteiger partial charge in [0.25, 0.3) is 0 Å². The number of aromatic nitrogens is 1. The first kappa shape index (κ1) is 12.3. The monoisotopic (exact) mass is 268 g/mol. The highest BCUT2D eigenvalue weighted by molar-refractivity contribution is 7.98. The molecule has 2 nitrogen and oxygen atoms in total. The summed E-state index contributed by atoms with van der Waals surface area (Å²) in [7, 11) is 0. The van der Waals surface area contributed by atoms with E-state index in [-0.39, 0.29) is 0 Å². The molecule has 0 atom stereocenters. The molecule has 96 valence electrons. The maximum absolute atomic E-state index is 5.67. The topological polar surface area (TPSA) is 30.9 Å². The van der Waals surface area contributed by atoms with Gasteiger partial charge in [0.2, 0.25) is 0 Å². The second-order valence-corrected chi connectivity index (χ2v) is 5.48. The van der Waals surface area contributed by atoms with Crippen LogP contribution in [0.5, 0.6) is 0 Å². The molecule has 3 heteroatoms. The maximum atomic E-state index is 5.67. The van der Waals surface area contributed by atoms with Gasteiger partial charge in [-0.25, -0.2) is 0 Å². The van der Waals surface area contributed by atoms with Gasteiger partial charge in [0, 0.05) is 16.5 Å². The predicted molar refractivity (Wildman–Crippen MR) is 82.4 cm³/mol. The molecule has 3 rings (SSSR count). The lowest BCUT2D eigenvalue weighted by atomic mass is 10.1. The second-order valence-electron chi connectivity index (χ2n) is 4.43. The number of rotatable bonds is 4. The van der Waals surface area contributed by atoms with Crippen molar-refractivity contribution >= 4 is 22.9 Å². The smallest absolute Gasteiger partial charge is 0.0597 e. The summed E-state index contributed by atoms with van der Waals surface area (Å²) in [5.41, 5.74) is 8.25. The summed E-state index contributed by atoms with van der Waals surface area (Å²) in [5.74, 6) is 0. The molecule has 0 spiro atoms. The summed E-state index contributed by atoms with van der Waals surface area (Å²) in [6, 6.07) is 19.0. The van der Waals surface area contributed by atoms with Crippen LogP contribution in [0.1, 0.15) is 5.56 Å². The third kappa shape index (κ3) is 2.53. The van der Waals surface area contributed by atoms with Crippen molar-refractivity contribution in [2.45, 2.75) is 11.3 Å². The van der Waals surface area contributed by atoms with Gasteiger partial charge in [-0.3, -0.25) is 3.97 Å². The molecule has 0 radical (unpaired) electrons. The minimum atomic E-state index is 0.691. The first-order valence-corrected chi connectivity index (χ1v) is 7.18. The van der Waals surface area contributed by atoms with Crippen LogP contribution in [-0.2, 0) is 6.42 Å². The van der Waals surface area contributed by atoms with Gasteiger partial charge in [0.05, 0.1) is 5.52 Å². The maximum Gasteiger partial charge on any atom is 0.0597 e. The van der Waals surface area contributed by atoms with Crippen LogP contribution in [0, 0.1) is 0 Å². The molecule has 1 heterocycles. The van der Waals surface area contributed by atoms with Crippen LogP contribution < -0.4 is 5.73 Å². The van der Waals surface area contributed by atoms with E-state index < -0.39 is 0 Å². The molecule has 0 aliphatic heterocycles. The number of hydrogen-bond donors (Lipinski definition) is 1. The molecule has 0 aliphatic rings. The predicted octanol–water partition coefficient (Wildman–Crippen LogP) is 3.70. The average Bonchev–Trinajstić information content (AvgIpc) is 2.85. The van der Waals surface area contributed by atoms with Gasteiger partial charge >= 0.3 is 0 Å². The number of hydrogen-bond acceptors (Lipinski definition) is 2. The second kappa shape index (κ2) is 5.51. The zero-order valence-corrected chi connectivity index (χ0v) is 11.4. The van der Waals surface area contributed by atoms with Crippen LogP contribution in [0.25, 0.3) is 10.9 Å². The highest BCUT2D eigenvalue weighted by Crippen LogP contribution is 2.28. The van der Waals surface area contributed by atoms with Gasteiger partial charge in [0.1, 0.15) is 0 Å². The summed E-state index contributed by atoms with van der Waals surface area (Å²) in [6.07, 6.45) is 3.06. The van der Waals surface area contributed by atoms with Crippen molar-refractivity contribution in [2.75, 3.05) is 6.54 Å². The van der Waals surface area contributed by atoms with Gasteiger partial charge in [-0.2, -0.15) is 0 Å². The highest BCUT2D eigenvalue weighted by Gasteiger charge is 2.06. The van der Waals surface area contributed by atoms with Crippen molar-refractivity contribution in [2.24, 2.45) is 5.73 Å². The molecule has 0 unspecified atom stereocenters. The van der Waals surface area contributed by atoms with E-state index in [0.29, 0.717) is 6.54 Å². The first-order valence-electron chi connectivity index (χ1n) is 6.41. The number of fused-ring (bicyclic) bond motifs is 1. The van der Waals surface area contributed by atoms with E-state index in [0.717, 1.165) is 6.42 Å². The Balaban J connectivity index is 1.99. The Bertz CT molecular complexity index is 674. The molecule has 0 bridgehead atoms. The Morgan fingerprint density at radius 2 is 1.79 bits per heavy atom. The molecule has 0 saturated heterocycles. The summed E-state index contributed by atoms with van der Waals surface area (Å²) < 4.78 is 2.21. The zero-order valence-electron chi connectivity index (χ0n) is 10.6. The Morgan fingerprint density at radius 3 is 2.58 bits per heavy atom. The lowest BCUT2D eigenvalue weighted by Gasteiger charge is -2.06. The van der Waals surface area contributed by atoms with E-state index >= 15 is 0 Å². The quantitative estimate of drug-likeness (QED) is 0.782. The Kier molecular flexibility index (Phi) is 3.58. The van der Waals surface area contributed by atoms with Crippen LogP contribution in [0.15, 0.2) is 65.7 Å². The van der Waals surface area contributed by atoms with E-state index in [4.69, 9.17) is 5.73 Å². The van der Waals surface area contributed by atoms with Crippen LogP contribution in [0.4, 0.5) is 0 Å². The van der Waals surface area contributed by atoms with E-state index in [1.165, 1.54) is 21.4 Å². The van der Waals surface area contributed by atoms with E-state index in [1.807, 2.05) is 6.07 Å². The van der Waals surface area contributed by atoms with Gasteiger partial charge < -0.3 is 5.73 Å². The minimum absolute atomic E-state index is 0.691. The van der Waals surface area contributed by atoms with Crippen molar-refractivity contribution in [1.29, 1.82) is 0 Å². The summed E-state index contributed by atoms with van der Waals surface area (Å²) in [5, 5.41) is 1.30. The van der Waals surface area contributed by atoms with Gasteiger partial charge in [-0.15, -0.1) is 0 Å². The van der Waals surface area contributed by atoms with E-state index in [1.54, 1.807) is 11.9 Å². The molecule has 2 N–H and O–H groups in total. The van der Waals surface area contributed by atoms with E-state index in [9.17, 15) is 0 Å². The molecule has 1 aromatic heterocycles. The Labute approximate surface area is 117 Å². The Morgan fingerprint density at radius 1 is 0.947 bits per heavy atom. The SMILES string of the molecule is NCCc1cccc2c1ccn2Sc1ccccc1. The molecule has 3 aromatic rings. The zero-order chi connectivity index (χ0) is 13.1. The van der Waals surface area contributed by atoms with Crippen molar-refractivity contribution < 1.29 is 0 Å². The minimum Gasteiger partial charge on any atom is -0.330 e. The number of benzene rings is 2. The van der Waals surface area contributed by atoms with Gasteiger partial charge in [-0.1, -0.05) is 30.3 Å². The fourth-order valence-corrected chi connectivity index (χ4v) is 3.14. The van der Waals surface area contributed by atoms with Crippen LogP contribution in [-0.4, -0.2) is 10.5 Å². The normalized spacial score (nSPS) is 11.0. The largest absolute Gasteiger partial charge is 0.330 e. The summed E-state index contributed by atoms with van der Waals surface area (Å²) >= 11 is 1.74. The van der Waals surface area contributed by atoms with Crippen LogP contribution in [0.2, 0.25) is 0 Å². The van der Waals surface area contributed by atoms with Crippen molar-refractivity contribution in [1.82, 2.24) is 3.97 Å². The standard InChI is InChI=1S/C16H16N2S/c17-11-9-13-5-4-8-16-15(13)10-12-18(16)19-14-6-2-1-3-7-14/h1-8,10,12H,9,11,17H2. The van der Waals surface area contributed by atoms with Crippen LogP contribution in [0.3, 0.4) is 0 Å². The molecule has 0 aliphatic carbocycles. The van der Waals surface area contributed by atoms with Gasteiger partial charge in [0.15, 0.2) is 0 Å².